The van der Waals surface area contributed by atoms with Crippen LogP contribution in [0.4, 0.5) is 0 Å². The number of aromatic amines is 1. The Morgan fingerprint density at radius 3 is 3.00 bits per heavy atom. The van der Waals surface area contributed by atoms with E-state index in [2.05, 4.69) is 20.2 Å². The van der Waals surface area contributed by atoms with Crippen LogP contribution in [-0.4, -0.2) is 20.2 Å². The Balaban J connectivity index is 2.44. The van der Waals surface area contributed by atoms with Gasteiger partial charge in [-0.15, -0.1) is 0 Å². The predicted octanol–water partition coefficient (Wildman–Crippen LogP) is 0.634. The third-order valence-electron chi connectivity index (χ3n) is 1.99. The zero-order valence-electron chi connectivity index (χ0n) is 7.86. The SMILES string of the molecule is Cc1cnccc1-c1n[nH]c(CN)n1. The second-order valence-corrected chi connectivity index (χ2v) is 3.00. The molecule has 0 aliphatic rings. The summed E-state index contributed by atoms with van der Waals surface area (Å²) in [7, 11) is 0. The zero-order valence-corrected chi connectivity index (χ0v) is 7.86. The number of hydrogen-bond acceptors (Lipinski definition) is 4. The fraction of sp³-hybridized carbons (Fsp3) is 0.222. The zero-order chi connectivity index (χ0) is 9.97. The number of rotatable bonds is 2. The van der Waals surface area contributed by atoms with Crippen LogP contribution in [0.15, 0.2) is 18.5 Å². The van der Waals surface area contributed by atoms with Crippen molar-refractivity contribution >= 4 is 0 Å². The van der Waals surface area contributed by atoms with Crippen molar-refractivity contribution in [2.24, 2.45) is 5.73 Å². The molecule has 0 unspecified atom stereocenters. The highest BCUT2D eigenvalue weighted by atomic mass is 15.2. The molecule has 2 heterocycles. The molecule has 5 nitrogen and oxygen atoms in total. The minimum atomic E-state index is 0.372. The number of H-pyrrole nitrogens is 1. The monoisotopic (exact) mass is 189 g/mol. The molecular formula is C9H11N5. The lowest BCUT2D eigenvalue weighted by atomic mass is 10.1. The molecule has 0 atom stereocenters. The first-order valence-corrected chi connectivity index (χ1v) is 4.33. The van der Waals surface area contributed by atoms with E-state index in [0.29, 0.717) is 18.2 Å². The normalized spacial score (nSPS) is 10.4. The van der Waals surface area contributed by atoms with Crippen LogP contribution in [0.2, 0.25) is 0 Å². The molecule has 5 heteroatoms. The van der Waals surface area contributed by atoms with E-state index in [1.165, 1.54) is 0 Å². The molecular weight excluding hydrogens is 178 g/mol. The van der Waals surface area contributed by atoms with E-state index in [1.54, 1.807) is 12.4 Å². The molecule has 0 aliphatic heterocycles. The Hall–Kier alpha value is -1.75. The lowest BCUT2D eigenvalue weighted by Crippen LogP contribution is -1.98. The van der Waals surface area contributed by atoms with Crippen LogP contribution in [0.5, 0.6) is 0 Å². The summed E-state index contributed by atoms with van der Waals surface area (Å²) in [5.41, 5.74) is 7.47. The number of aromatic nitrogens is 4. The fourth-order valence-corrected chi connectivity index (χ4v) is 1.23. The Kier molecular flexibility index (Phi) is 2.24. The van der Waals surface area contributed by atoms with Crippen molar-refractivity contribution in [3.63, 3.8) is 0 Å². The largest absolute Gasteiger partial charge is 0.324 e. The molecule has 0 amide bonds. The van der Waals surface area contributed by atoms with Gasteiger partial charge in [-0.25, -0.2) is 4.98 Å². The van der Waals surface area contributed by atoms with E-state index >= 15 is 0 Å². The van der Waals surface area contributed by atoms with E-state index < -0.39 is 0 Å². The van der Waals surface area contributed by atoms with E-state index in [4.69, 9.17) is 5.73 Å². The highest BCUT2D eigenvalue weighted by Crippen LogP contribution is 2.17. The van der Waals surface area contributed by atoms with Crippen molar-refractivity contribution < 1.29 is 0 Å². The maximum absolute atomic E-state index is 5.43. The maximum Gasteiger partial charge on any atom is 0.181 e. The summed E-state index contributed by atoms with van der Waals surface area (Å²) in [5.74, 6) is 1.36. The minimum absolute atomic E-state index is 0.372. The van der Waals surface area contributed by atoms with Gasteiger partial charge in [-0.1, -0.05) is 0 Å². The average molecular weight is 189 g/mol. The van der Waals surface area contributed by atoms with Crippen LogP contribution in [0, 0.1) is 6.92 Å². The molecule has 14 heavy (non-hydrogen) atoms. The van der Waals surface area contributed by atoms with Crippen molar-refractivity contribution in [2.45, 2.75) is 13.5 Å². The van der Waals surface area contributed by atoms with Gasteiger partial charge in [0.25, 0.3) is 0 Å². The van der Waals surface area contributed by atoms with Gasteiger partial charge in [0.1, 0.15) is 5.82 Å². The molecule has 0 aromatic carbocycles. The van der Waals surface area contributed by atoms with Gasteiger partial charge in [-0.3, -0.25) is 10.1 Å². The van der Waals surface area contributed by atoms with E-state index in [9.17, 15) is 0 Å². The minimum Gasteiger partial charge on any atom is -0.324 e. The molecule has 2 rings (SSSR count). The molecule has 0 radical (unpaired) electrons. The molecule has 2 aromatic heterocycles. The molecule has 0 saturated heterocycles. The molecule has 0 bridgehead atoms. The van der Waals surface area contributed by atoms with Crippen LogP contribution in [0.25, 0.3) is 11.4 Å². The summed E-state index contributed by atoms with van der Waals surface area (Å²) < 4.78 is 0. The molecule has 0 aliphatic carbocycles. The molecule has 0 saturated carbocycles. The summed E-state index contributed by atoms with van der Waals surface area (Å²) in [5, 5.41) is 6.85. The van der Waals surface area contributed by atoms with Crippen molar-refractivity contribution in [1.29, 1.82) is 0 Å². The van der Waals surface area contributed by atoms with Gasteiger partial charge >= 0.3 is 0 Å². The Bertz CT molecular complexity index is 434. The van der Waals surface area contributed by atoms with Crippen molar-refractivity contribution in [2.75, 3.05) is 0 Å². The number of pyridine rings is 1. The lowest BCUT2D eigenvalue weighted by molar-refractivity contribution is 0.917. The van der Waals surface area contributed by atoms with Gasteiger partial charge < -0.3 is 5.73 Å². The predicted molar refractivity (Wildman–Crippen MR) is 52.2 cm³/mol. The fourth-order valence-electron chi connectivity index (χ4n) is 1.23. The molecule has 3 N–H and O–H groups in total. The van der Waals surface area contributed by atoms with Crippen molar-refractivity contribution in [1.82, 2.24) is 20.2 Å². The third kappa shape index (κ3) is 1.49. The molecule has 0 spiro atoms. The lowest BCUT2D eigenvalue weighted by Gasteiger charge is -1.97. The quantitative estimate of drug-likeness (QED) is 0.726. The van der Waals surface area contributed by atoms with Gasteiger partial charge in [0.05, 0.1) is 6.54 Å². The van der Waals surface area contributed by atoms with Crippen molar-refractivity contribution in [3.8, 4) is 11.4 Å². The average Bonchev–Trinajstić information content (AvgIpc) is 2.67. The highest BCUT2D eigenvalue weighted by Gasteiger charge is 2.06. The van der Waals surface area contributed by atoms with Gasteiger partial charge in [-0.2, -0.15) is 5.10 Å². The van der Waals surface area contributed by atoms with Gasteiger partial charge in [0, 0.05) is 18.0 Å². The number of nitrogens with one attached hydrogen (secondary N) is 1. The number of hydrogen-bond donors (Lipinski definition) is 2. The first-order chi connectivity index (χ1) is 6.81. The smallest absolute Gasteiger partial charge is 0.181 e. The Morgan fingerprint density at radius 1 is 1.50 bits per heavy atom. The van der Waals surface area contributed by atoms with E-state index in [0.717, 1.165) is 11.1 Å². The van der Waals surface area contributed by atoms with Crippen LogP contribution >= 0.6 is 0 Å². The van der Waals surface area contributed by atoms with Crippen LogP contribution in [0.1, 0.15) is 11.4 Å². The summed E-state index contributed by atoms with van der Waals surface area (Å²) in [6, 6.07) is 1.89. The Morgan fingerprint density at radius 2 is 2.36 bits per heavy atom. The van der Waals surface area contributed by atoms with Crippen LogP contribution in [0.3, 0.4) is 0 Å². The van der Waals surface area contributed by atoms with E-state index in [1.807, 2.05) is 13.0 Å². The molecule has 0 fully saturated rings. The van der Waals surface area contributed by atoms with Crippen LogP contribution in [-0.2, 0) is 6.54 Å². The van der Waals surface area contributed by atoms with Crippen LogP contribution < -0.4 is 5.73 Å². The summed E-state index contributed by atoms with van der Waals surface area (Å²) in [6.45, 7) is 2.35. The molecule has 2 aromatic rings. The molecule has 72 valence electrons. The standard InChI is InChI=1S/C9H11N5/c1-6-5-11-3-2-7(6)9-12-8(4-10)13-14-9/h2-3,5H,4,10H2,1H3,(H,12,13,14). The number of nitrogens with zero attached hydrogens (tertiary/aromatic N) is 3. The maximum atomic E-state index is 5.43. The second kappa shape index (κ2) is 3.55. The topological polar surface area (TPSA) is 80.5 Å². The van der Waals surface area contributed by atoms with Crippen molar-refractivity contribution in [3.05, 3.63) is 29.8 Å². The summed E-state index contributed by atoms with van der Waals surface area (Å²) in [4.78, 5) is 8.25. The van der Waals surface area contributed by atoms with Gasteiger partial charge in [0.15, 0.2) is 5.82 Å². The first kappa shape index (κ1) is 8.83. The number of nitrogens with two attached hydrogens (primary N) is 1. The summed E-state index contributed by atoms with van der Waals surface area (Å²) >= 11 is 0. The number of aryl methyl sites for hydroxylation is 1. The van der Waals surface area contributed by atoms with E-state index in [-0.39, 0.29) is 0 Å². The summed E-state index contributed by atoms with van der Waals surface area (Å²) in [6.07, 6.45) is 3.51. The first-order valence-electron chi connectivity index (χ1n) is 4.33. The Labute approximate surface area is 81.4 Å². The third-order valence-corrected chi connectivity index (χ3v) is 1.99. The highest BCUT2D eigenvalue weighted by molar-refractivity contribution is 5.58. The second-order valence-electron chi connectivity index (χ2n) is 3.00. The van der Waals surface area contributed by atoms with Gasteiger partial charge in [-0.05, 0) is 18.6 Å². The van der Waals surface area contributed by atoms with Gasteiger partial charge in [0.2, 0.25) is 0 Å².